The molecule has 0 aliphatic carbocycles. The highest BCUT2D eigenvalue weighted by Crippen LogP contribution is 2.45. The molecule has 37 heavy (non-hydrogen) atoms. The molecule has 13 heteroatoms. The lowest BCUT2D eigenvalue weighted by molar-refractivity contribution is -0.383. The third-order valence-corrected chi connectivity index (χ3v) is 7.94. The van der Waals surface area contributed by atoms with E-state index < -0.39 is 16.3 Å². The Morgan fingerprint density at radius 3 is 2.49 bits per heavy atom. The summed E-state index contributed by atoms with van der Waals surface area (Å²) in [6.07, 6.45) is 0.684. The number of halogens is 3. The van der Waals surface area contributed by atoms with E-state index in [1.165, 1.54) is 6.07 Å². The van der Waals surface area contributed by atoms with E-state index >= 15 is 4.39 Å². The molecule has 1 amide bonds. The number of amides is 1. The highest BCUT2D eigenvalue weighted by Gasteiger charge is 2.38. The van der Waals surface area contributed by atoms with Crippen molar-refractivity contribution in [3.05, 3.63) is 31.5 Å². The van der Waals surface area contributed by atoms with Crippen LogP contribution in [0.5, 0.6) is 0 Å². The number of likely N-dealkylation sites (N-methyl/N-ethyl adjacent to an activating group) is 1. The fraction of sp³-hybridized carbons (Fsp3) is 0.583. The van der Waals surface area contributed by atoms with Crippen LogP contribution in [-0.2, 0) is 4.74 Å². The molecule has 1 aromatic heterocycles. The number of rotatable bonds is 5. The van der Waals surface area contributed by atoms with E-state index in [0.717, 1.165) is 0 Å². The van der Waals surface area contributed by atoms with Crippen molar-refractivity contribution in [1.82, 2.24) is 14.8 Å². The maximum absolute atomic E-state index is 15.3. The van der Waals surface area contributed by atoms with Gasteiger partial charge < -0.3 is 24.8 Å². The molecular formula is C24H31BrClFN6O4. The average molecular weight is 602 g/mol. The zero-order chi connectivity index (χ0) is 27.2. The Labute approximate surface area is 228 Å². The standard InChI is InChI=1S/C24H31BrClFN6O4/c1-24(2,3)37-23(34)31-8-6-13(7-9-31)28-20-15-10-16(26)17(25)18(27)19(15)29-22(21(20)33(35)36)32-11-14(12-32)30(4)5/h10,13-14H,6-9,11-12H2,1-5H3,(H,28,29). The van der Waals surface area contributed by atoms with Gasteiger partial charge in [0.25, 0.3) is 0 Å². The summed E-state index contributed by atoms with van der Waals surface area (Å²) in [7, 11) is 3.89. The largest absolute Gasteiger partial charge is 0.444 e. The minimum Gasteiger partial charge on any atom is -0.444 e. The maximum atomic E-state index is 15.3. The SMILES string of the molecule is CN(C)C1CN(c2nc3c(F)c(Br)c(Cl)cc3c(NC3CCN(C(=O)OC(C)(C)C)CC3)c2[N+](=O)[O-])C1. The van der Waals surface area contributed by atoms with Gasteiger partial charge in [0.15, 0.2) is 5.82 Å². The fourth-order valence-corrected chi connectivity index (χ4v) is 5.01. The predicted octanol–water partition coefficient (Wildman–Crippen LogP) is 5.26. The van der Waals surface area contributed by atoms with Gasteiger partial charge in [-0.2, -0.15) is 0 Å². The number of carbonyl (C=O) groups is 1. The third kappa shape index (κ3) is 5.70. The second-order valence-electron chi connectivity index (χ2n) is 10.7. The lowest BCUT2D eigenvalue weighted by atomic mass is 10.0. The van der Waals surface area contributed by atoms with Crippen LogP contribution in [0, 0.1) is 15.9 Å². The van der Waals surface area contributed by atoms with Gasteiger partial charge in [0, 0.05) is 43.6 Å². The average Bonchev–Trinajstić information content (AvgIpc) is 2.76. The van der Waals surface area contributed by atoms with Crippen molar-refractivity contribution in [2.45, 2.75) is 51.3 Å². The molecule has 0 atom stereocenters. The Balaban J connectivity index is 1.69. The van der Waals surface area contributed by atoms with Gasteiger partial charge in [-0.15, -0.1) is 0 Å². The Hall–Kier alpha value is -2.44. The Morgan fingerprint density at radius 2 is 1.95 bits per heavy atom. The minimum atomic E-state index is -0.675. The van der Waals surface area contributed by atoms with Crippen LogP contribution in [0.2, 0.25) is 5.02 Å². The van der Waals surface area contributed by atoms with Crippen LogP contribution in [0.25, 0.3) is 10.9 Å². The number of pyridine rings is 1. The first-order valence-corrected chi connectivity index (χ1v) is 13.3. The first-order valence-electron chi connectivity index (χ1n) is 12.1. The lowest BCUT2D eigenvalue weighted by Gasteiger charge is -2.43. The number of fused-ring (bicyclic) bond motifs is 1. The fourth-order valence-electron chi connectivity index (χ4n) is 4.51. The number of nitrogens with zero attached hydrogens (tertiary/aromatic N) is 5. The minimum absolute atomic E-state index is 0.00105. The lowest BCUT2D eigenvalue weighted by Crippen LogP contribution is -2.57. The molecule has 3 heterocycles. The van der Waals surface area contributed by atoms with E-state index in [2.05, 4.69) is 26.2 Å². The number of nitrogens with one attached hydrogen (secondary N) is 1. The molecule has 2 aliphatic rings. The smallest absolute Gasteiger partial charge is 0.410 e. The van der Waals surface area contributed by atoms with Crippen molar-refractivity contribution in [3.8, 4) is 0 Å². The summed E-state index contributed by atoms with van der Waals surface area (Å²) < 4.78 is 20.8. The molecule has 0 spiro atoms. The van der Waals surface area contributed by atoms with Crippen molar-refractivity contribution in [2.75, 3.05) is 50.5 Å². The number of nitro groups is 1. The van der Waals surface area contributed by atoms with Crippen LogP contribution in [0.3, 0.4) is 0 Å². The molecule has 0 radical (unpaired) electrons. The van der Waals surface area contributed by atoms with E-state index in [-0.39, 0.29) is 55.8 Å². The summed E-state index contributed by atoms with van der Waals surface area (Å²) in [5.74, 6) is -0.552. The molecule has 2 aromatic rings. The zero-order valence-corrected chi connectivity index (χ0v) is 23.8. The van der Waals surface area contributed by atoms with E-state index in [1.54, 1.807) is 9.80 Å². The molecule has 2 aliphatic heterocycles. The number of benzene rings is 1. The monoisotopic (exact) mass is 600 g/mol. The van der Waals surface area contributed by atoms with Crippen LogP contribution in [-0.4, -0.2) is 83.8 Å². The summed E-state index contributed by atoms with van der Waals surface area (Å²) >= 11 is 9.42. The molecule has 202 valence electrons. The normalized spacial score (nSPS) is 17.3. The number of hydrogen-bond acceptors (Lipinski definition) is 8. The van der Waals surface area contributed by atoms with Crippen molar-refractivity contribution in [3.63, 3.8) is 0 Å². The second-order valence-corrected chi connectivity index (χ2v) is 11.9. The molecule has 2 fully saturated rings. The summed E-state index contributed by atoms with van der Waals surface area (Å²) in [5.41, 5.74) is -0.627. The van der Waals surface area contributed by atoms with Crippen molar-refractivity contribution in [1.29, 1.82) is 0 Å². The van der Waals surface area contributed by atoms with E-state index in [9.17, 15) is 14.9 Å². The summed E-state index contributed by atoms with van der Waals surface area (Å²) in [5, 5.41) is 16.0. The van der Waals surface area contributed by atoms with Crippen molar-refractivity contribution < 1.29 is 18.8 Å². The number of carbonyl (C=O) groups excluding carboxylic acids is 1. The quantitative estimate of drug-likeness (QED) is 0.281. The van der Waals surface area contributed by atoms with E-state index in [0.29, 0.717) is 39.0 Å². The number of piperidine rings is 1. The van der Waals surface area contributed by atoms with E-state index in [4.69, 9.17) is 16.3 Å². The first kappa shape index (κ1) is 27.6. The molecule has 1 N–H and O–H groups in total. The Bertz CT molecular complexity index is 1230. The summed E-state index contributed by atoms with van der Waals surface area (Å²) in [6.45, 7) is 7.36. The zero-order valence-electron chi connectivity index (χ0n) is 21.5. The van der Waals surface area contributed by atoms with Gasteiger partial charge >= 0.3 is 11.8 Å². The maximum Gasteiger partial charge on any atom is 0.410 e. The van der Waals surface area contributed by atoms with Gasteiger partial charge in [-0.25, -0.2) is 14.2 Å². The molecule has 1 aromatic carbocycles. The number of ether oxygens (including phenoxy) is 1. The summed E-state index contributed by atoms with van der Waals surface area (Å²) in [4.78, 5) is 34.2. The van der Waals surface area contributed by atoms with Gasteiger partial charge in [-0.3, -0.25) is 10.1 Å². The molecule has 0 bridgehead atoms. The van der Waals surface area contributed by atoms with Crippen molar-refractivity contribution >= 4 is 61.7 Å². The highest BCUT2D eigenvalue weighted by molar-refractivity contribution is 9.10. The molecule has 0 unspecified atom stereocenters. The van der Waals surface area contributed by atoms with Crippen LogP contribution < -0.4 is 10.2 Å². The van der Waals surface area contributed by atoms with Crippen LogP contribution in [0.1, 0.15) is 33.6 Å². The first-order chi connectivity index (χ1) is 17.3. The van der Waals surface area contributed by atoms with Gasteiger partial charge in [-0.05, 0) is 69.7 Å². The van der Waals surface area contributed by atoms with Gasteiger partial charge in [-0.1, -0.05) is 11.6 Å². The summed E-state index contributed by atoms with van der Waals surface area (Å²) in [6, 6.07) is 1.52. The highest BCUT2D eigenvalue weighted by atomic mass is 79.9. The van der Waals surface area contributed by atoms with Gasteiger partial charge in [0.05, 0.1) is 14.4 Å². The molecule has 0 saturated carbocycles. The van der Waals surface area contributed by atoms with Crippen LogP contribution >= 0.6 is 27.5 Å². The topological polar surface area (TPSA) is 104 Å². The van der Waals surface area contributed by atoms with Crippen molar-refractivity contribution in [2.24, 2.45) is 0 Å². The Morgan fingerprint density at radius 1 is 1.32 bits per heavy atom. The number of anilines is 2. The number of likely N-dealkylation sites (tertiary alicyclic amines) is 1. The van der Waals surface area contributed by atoms with Gasteiger partial charge in [0.2, 0.25) is 5.82 Å². The molecule has 10 nitrogen and oxygen atoms in total. The van der Waals surface area contributed by atoms with Gasteiger partial charge in [0.1, 0.15) is 16.8 Å². The van der Waals surface area contributed by atoms with E-state index in [1.807, 2.05) is 39.8 Å². The van der Waals surface area contributed by atoms with Crippen LogP contribution in [0.4, 0.5) is 26.4 Å². The number of hydrogen-bond donors (Lipinski definition) is 1. The third-order valence-electron chi connectivity index (χ3n) is 6.64. The molecule has 2 saturated heterocycles. The number of aromatic nitrogens is 1. The molecule has 4 rings (SSSR count). The second kappa shape index (κ2) is 10.4. The predicted molar refractivity (Wildman–Crippen MR) is 145 cm³/mol. The Kier molecular flexibility index (Phi) is 7.74. The molecular weight excluding hydrogens is 571 g/mol. The van der Waals surface area contributed by atoms with Crippen LogP contribution in [0.15, 0.2) is 10.5 Å².